The number of carbonyl (C=O) groups is 1. The van der Waals surface area contributed by atoms with Crippen LogP contribution in [0.15, 0.2) is 24.3 Å². The van der Waals surface area contributed by atoms with Crippen molar-refractivity contribution in [2.45, 2.75) is 46.1 Å². The Hall–Kier alpha value is -1.06. The molecule has 0 heterocycles. The molecule has 0 aliphatic carbocycles. The number of anilines is 1. The van der Waals surface area contributed by atoms with Crippen molar-refractivity contribution in [2.75, 3.05) is 5.32 Å². The first kappa shape index (κ1) is 17.9. The van der Waals surface area contributed by atoms with Crippen LogP contribution in [0.25, 0.3) is 0 Å². The number of carbonyl (C=O) groups excluding carboxylic acids is 1. The maximum absolute atomic E-state index is 11.8. The Morgan fingerprint density at radius 1 is 1.16 bits per heavy atom. The topological polar surface area (TPSA) is 55.1 Å². The van der Waals surface area contributed by atoms with Gasteiger partial charge in [-0.05, 0) is 29.0 Å². The zero-order valence-corrected chi connectivity index (χ0v) is 13.2. The minimum absolute atomic E-state index is 0. The van der Waals surface area contributed by atoms with E-state index in [-0.39, 0.29) is 29.6 Å². The third-order valence-electron chi connectivity index (χ3n) is 3.04. The lowest BCUT2D eigenvalue weighted by molar-refractivity contribution is -0.118. The quantitative estimate of drug-likeness (QED) is 0.894. The van der Waals surface area contributed by atoms with Crippen molar-refractivity contribution in [1.29, 1.82) is 0 Å². The van der Waals surface area contributed by atoms with E-state index in [2.05, 4.69) is 26.1 Å². The van der Waals surface area contributed by atoms with Gasteiger partial charge in [0, 0.05) is 5.69 Å². The molecule has 1 aromatic carbocycles. The van der Waals surface area contributed by atoms with Crippen molar-refractivity contribution in [3.05, 3.63) is 29.8 Å². The molecular formula is C15H25ClN2O. The first-order valence-electron chi connectivity index (χ1n) is 6.39. The number of amides is 1. The molecule has 0 saturated carbocycles. The van der Waals surface area contributed by atoms with E-state index in [9.17, 15) is 4.79 Å². The number of hydrogen-bond donors (Lipinski definition) is 2. The fourth-order valence-corrected chi connectivity index (χ4v) is 1.58. The number of hydrogen-bond acceptors (Lipinski definition) is 2. The number of halogens is 1. The van der Waals surface area contributed by atoms with Gasteiger partial charge in [-0.1, -0.05) is 46.8 Å². The van der Waals surface area contributed by atoms with Crippen LogP contribution < -0.4 is 11.1 Å². The van der Waals surface area contributed by atoms with Gasteiger partial charge in [0.15, 0.2) is 0 Å². The van der Waals surface area contributed by atoms with Crippen LogP contribution in [0.1, 0.15) is 40.2 Å². The highest BCUT2D eigenvalue weighted by Gasteiger charge is 2.17. The second-order valence-electron chi connectivity index (χ2n) is 6.09. The van der Waals surface area contributed by atoms with Gasteiger partial charge in [0.05, 0.1) is 6.04 Å². The molecule has 3 N–H and O–H groups in total. The van der Waals surface area contributed by atoms with Crippen molar-refractivity contribution in [1.82, 2.24) is 0 Å². The molecule has 1 amide bonds. The highest BCUT2D eigenvalue weighted by Crippen LogP contribution is 2.23. The summed E-state index contributed by atoms with van der Waals surface area (Å²) in [5.41, 5.74) is 7.96. The number of rotatable bonds is 3. The maximum atomic E-state index is 11.8. The zero-order chi connectivity index (χ0) is 13.9. The average molecular weight is 285 g/mol. The van der Waals surface area contributed by atoms with Gasteiger partial charge in [-0.15, -0.1) is 12.4 Å². The van der Waals surface area contributed by atoms with Crippen molar-refractivity contribution >= 4 is 24.0 Å². The molecule has 0 unspecified atom stereocenters. The molecule has 4 heteroatoms. The highest BCUT2D eigenvalue weighted by molar-refractivity contribution is 5.94. The smallest absolute Gasteiger partial charge is 0.241 e. The molecule has 0 aliphatic rings. The van der Waals surface area contributed by atoms with Crippen LogP contribution in [0.3, 0.4) is 0 Å². The van der Waals surface area contributed by atoms with Crippen LogP contribution in [0.4, 0.5) is 5.69 Å². The fourth-order valence-electron chi connectivity index (χ4n) is 1.58. The van der Waals surface area contributed by atoms with E-state index in [1.54, 1.807) is 0 Å². The van der Waals surface area contributed by atoms with E-state index in [0.717, 1.165) is 5.69 Å². The van der Waals surface area contributed by atoms with Crippen LogP contribution in [0.5, 0.6) is 0 Å². The predicted octanol–water partition coefficient (Wildman–Crippen LogP) is 3.33. The van der Waals surface area contributed by atoms with E-state index >= 15 is 0 Å². The normalized spacial score (nSPS) is 12.8. The molecular weight excluding hydrogens is 260 g/mol. The molecule has 0 aromatic heterocycles. The Morgan fingerprint density at radius 3 is 2.00 bits per heavy atom. The molecule has 3 nitrogen and oxygen atoms in total. The summed E-state index contributed by atoms with van der Waals surface area (Å²) in [6.45, 7) is 10.4. The van der Waals surface area contributed by atoms with Crippen LogP contribution >= 0.6 is 12.4 Å². The summed E-state index contributed by atoms with van der Waals surface area (Å²) in [6.07, 6.45) is 0. The Bertz CT molecular complexity index is 407. The van der Waals surface area contributed by atoms with Crippen LogP contribution in [0, 0.1) is 5.92 Å². The Labute approximate surface area is 122 Å². The summed E-state index contributed by atoms with van der Waals surface area (Å²) in [4.78, 5) is 11.8. The maximum Gasteiger partial charge on any atom is 0.241 e. The Kier molecular flexibility index (Phi) is 6.53. The third-order valence-corrected chi connectivity index (χ3v) is 3.04. The van der Waals surface area contributed by atoms with Gasteiger partial charge >= 0.3 is 0 Å². The minimum atomic E-state index is -0.465. The first-order valence-corrected chi connectivity index (χ1v) is 6.39. The van der Waals surface area contributed by atoms with Crippen LogP contribution in [-0.4, -0.2) is 11.9 Å². The number of nitrogens with one attached hydrogen (secondary N) is 1. The summed E-state index contributed by atoms with van der Waals surface area (Å²) in [7, 11) is 0. The standard InChI is InChI=1S/C15H24N2O.ClH/c1-10(2)13(16)14(18)17-12-8-6-11(7-9-12)15(3,4)5;/h6-10,13H,16H2,1-5H3,(H,17,18);1H/t13-;/m1./s1. The van der Waals surface area contributed by atoms with Crippen LogP contribution in [0.2, 0.25) is 0 Å². The molecule has 0 aliphatic heterocycles. The van der Waals surface area contributed by atoms with Gasteiger partial charge in [0.1, 0.15) is 0 Å². The van der Waals surface area contributed by atoms with Gasteiger partial charge in [-0.25, -0.2) is 0 Å². The van der Waals surface area contributed by atoms with E-state index < -0.39 is 6.04 Å². The molecule has 1 aromatic rings. The van der Waals surface area contributed by atoms with E-state index in [1.165, 1.54) is 5.56 Å². The van der Waals surface area contributed by atoms with E-state index in [1.807, 2.05) is 38.1 Å². The summed E-state index contributed by atoms with van der Waals surface area (Å²) in [6, 6.07) is 7.46. The van der Waals surface area contributed by atoms with E-state index in [4.69, 9.17) is 5.73 Å². The largest absolute Gasteiger partial charge is 0.325 e. The van der Waals surface area contributed by atoms with Crippen LogP contribution in [-0.2, 0) is 10.2 Å². The lowest BCUT2D eigenvalue weighted by atomic mass is 9.87. The van der Waals surface area contributed by atoms with Gasteiger partial charge < -0.3 is 11.1 Å². The molecule has 0 spiro atoms. The molecule has 1 atom stereocenters. The molecule has 0 fully saturated rings. The monoisotopic (exact) mass is 284 g/mol. The van der Waals surface area contributed by atoms with Crippen molar-refractivity contribution in [2.24, 2.45) is 11.7 Å². The Morgan fingerprint density at radius 2 is 1.63 bits per heavy atom. The zero-order valence-electron chi connectivity index (χ0n) is 12.4. The van der Waals surface area contributed by atoms with Gasteiger partial charge in [-0.3, -0.25) is 4.79 Å². The molecule has 0 bridgehead atoms. The summed E-state index contributed by atoms with van der Waals surface area (Å²) < 4.78 is 0. The van der Waals surface area contributed by atoms with Gasteiger partial charge in [-0.2, -0.15) is 0 Å². The third kappa shape index (κ3) is 5.21. The van der Waals surface area contributed by atoms with Crippen molar-refractivity contribution in [3.63, 3.8) is 0 Å². The summed E-state index contributed by atoms with van der Waals surface area (Å²) >= 11 is 0. The van der Waals surface area contributed by atoms with Gasteiger partial charge in [0.25, 0.3) is 0 Å². The highest BCUT2D eigenvalue weighted by atomic mass is 35.5. The van der Waals surface area contributed by atoms with E-state index in [0.29, 0.717) is 0 Å². The minimum Gasteiger partial charge on any atom is -0.325 e. The number of benzene rings is 1. The predicted molar refractivity (Wildman–Crippen MR) is 83.8 cm³/mol. The summed E-state index contributed by atoms with van der Waals surface area (Å²) in [5, 5.41) is 2.84. The number of nitrogens with two attached hydrogens (primary N) is 1. The summed E-state index contributed by atoms with van der Waals surface area (Å²) in [5.74, 6) is 0.00681. The van der Waals surface area contributed by atoms with Crippen molar-refractivity contribution < 1.29 is 4.79 Å². The molecule has 1 rings (SSSR count). The molecule has 19 heavy (non-hydrogen) atoms. The average Bonchev–Trinajstić information content (AvgIpc) is 2.27. The second-order valence-corrected chi connectivity index (χ2v) is 6.09. The molecule has 0 radical (unpaired) electrons. The SMILES string of the molecule is CC(C)[C@@H](N)C(=O)Nc1ccc(C(C)(C)C)cc1.Cl. The fraction of sp³-hybridized carbons (Fsp3) is 0.533. The lowest BCUT2D eigenvalue weighted by Crippen LogP contribution is -2.39. The first-order chi connectivity index (χ1) is 8.21. The van der Waals surface area contributed by atoms with Crippen molar-refractivity contribution in [3.8, 4) is 0 Å². The second kappa shape index (κ2) is 6.92. The van der Waals surface area contributed by atoms with Gasteiger partial charge in [0.2, 0.25) is 5.91 Å². The molecule has 108 valence electrons. The lowest BCUT2D eigenvalue weighted by Gasteiger charge is -2.20. The molecule has 0 saturated heterocycles. The Balaban J connectivity index is 0.00000324.